The third kappa shape index (κ3) is 4.13. The first-order chi connectivity index (χ1) is 13.5. The first kappa shape index (κ1) is 19.2. The van der Waals surface area contributed by atoms with Gasteiger partial charge in [0.1, 0.15) is 11.5 Å². The lowest BCUT2D eigenvalue weighted by atomic mass is 10.2. The minimum atomic E-state index is -0.239. The van der Waals surface area contributed by atoms with E-state index in [1.54, 1.807) is 54.6 Å². The molecule has 1 saturated heterocycles. The van der Waals surface area contributed by atoms with E-state index >= 15 is 0 Å². The van der Waals surface area contributed by atoms with Crippen molar-refractivity contribution in [1.82, 2.24) is 5.32 Å². The van der Waals surface area contributed by atoms with E-state index in [9.17, 15) is 4.79 Å². The average molecular weight is 450 g/mol. The van der Waals surface area contributed by atoms with Crippen molar-refractivity contribution in [3.63, 3.8) is 0 Å². The number of nitrogens with zero attached hydrogens (tertiary/aromatic N) is 1. The number of benzene rings is 2. The molecule has 0 radical (unpaired) electrons. The van der Waals surface area contributed by atoms with Crippen LogP contribution in [0.25, 0.3) is 17.4 Å². The molecule has 2 heterocycles. The Morgan fingerprint density at radius 2 is 1.79 bits per heavy atom. The SMILES string of the molecule is O=C1NC(=Nc2ccc(Cl)cc2)S/C1=C/c1ccc(-c2cccc(Cl)c2Cl)o1. The Morgan fingerprint density at radius 3 is 2.57 bits per heavy atom. The molecule has 0 aliphatic carbocycles. The van der Waals surface area contributed by atoms with E-state index in [-0.39, 0.29) is 5.91 Å². The second kappa shape index (κ2) is 8.05. The first-order valence-electron chi connectivity index (χ1n) is 8.09. The number of carbonyl (C=O) groups is 1. The molecule has 4 rings (SSSR count). The molecule has 28 heavy (non-hydrogen) atoms. The van der Waals surface area contributed by atoms with Crippen molar-refractivity contribution in [2.24, 2.45) is 4.99 Å². The molecule has 140 valence electrons. The summed E-state index contributed by atoms with van der Waals surface area (Å²) >= 11 is 19.4. The van der Waals surface area contributed by atoms with E-state index < -0.39 is 0 Å². The van der Waals surface area contributed by atoms with Crippen LogP contribution in [0.2, 0.25) is 15.1 Å². The van der Waals surface area contributed by atoms with Crippen molar-refractivity contribution in [1.29, 1.82) is 0 Å². The number of hydrogen-bond donors (Lipinski definition) is 1. The van der Waals surface area contributed by atoms with Gasteiger partial charge in [-0.2, -0.15) is 0 Å². The van der Waals surface area contributed by atoms with Crippen LogP contribution in [0.4, 0.5) is 5.69 Å². The lowest BCUT2D eigenvalue weighted by molar-refractivity contribution is -0.115. The predicted octanol–water partition coefficient (Wildman–Crippen LogP) is 6.80. The number of amidine groups is 1. The number of nitrogens with one attached hydrogen (secondary N) is 1. The predicted molar refractivity (Wildman–Crippen MR) is 116 cm³/mol. The third-order valence-corrected chi connectivity index (χ3v) is 5.81. The molecule has 1 amide bonds. The van der Waals surface area contributed by atoms with Crippen molar-refractivity contribution in [3.8, 4) is 11.3 Å². The van der Waals surface area contributed by atoms with Crippen LogP contribution in [-0.4, -0.2) is 11.1 Å². The number of rotatable bonds is 3. The van der Waals surface area contributed by atoms with Gasteiger partial charge in [-0.1, -0.05) is 40.9 Å². The smallest absolute Gasteiger partial charge is 0.264 e. The number of aliphatic imine (C=N–C) groups is 1. The van der Waals surface area contributed by atoms with Crippen molar-refractivity contribution in [2.75, 3.05) is 0 Å². The number of halogens is 3. The van der Waals surface area contributed by atoms with Gasteiger partial charge in [0, 0.05) is 16.7 Å². The van der Waals surface area contributed by atoms with Gasteiger partial charge in [-0.05, 0) is 60.3 Å². The summed E-state index contributed by atoms with van der Waals surface area (Å²) in [7, 11) is 0. The molecule has 3 aromatic rings. The van der Waals surface area contributed by atoms with Crippen LogP contribution in [-0.2, 0) is 4.79 Å². The molecule has 1 aliphatic heterocycles. The zero-order chi connectivity index (χ0) is 19.7. The highest BCUT2D eigenvalue weighted by Crippen LogP contribution is 2.35. The van der Waals surface area contributed by atoms with Crippen molar-refractivity contribution >= 4 is 69.4 Å². The zero-order valence-electron chi connectivity index (χ0n) is 14.1. The summed E-state index contributed by atoms with van der Waals surface area (Å²) in [5, 5.41) is 4.72. The Morgan fingerprint density at radius 1 is 1.00 bits per heavy atom. The van der Waals surface area contributed by atoms with Crippen LogP contribution >= 0.6 is 46.6 Å². The average Bonchev–Trinajstić information content (AvgIpc) is 3.26. The van der Waals surface area contributed by atoms with E-state index in [2.05, 4.69) is 10.3 Å². The van der Waals surface area contributed by atoms with Gasteiger partial charge in [0.05, 0.1) is 20.6 Å². The van der Waals surface area contributed by atoms with Crippen molar-refractivity contribution in [2.45, 2.75) is 0 Å². The van der Waals surface area contributed by atoms with Gasteiger partial charge < -0.3 is 9.73 Å². The van der Waals surface area contributed by atoms with E-state index in [4.69, 9.17) is 39.2 Å². The maximum absolute atomic E-state index is 12.2. The van der Waals surface area contributed by atoms with Crippen molar-refractivity contribution in [3.05, 3.63) is 80.3 Å². The van der Waals surface area contributed by atoms with Gasteiger partial charge in [0.15, 0.2) is 5.17 Å². The Hall–Kier alpha value is -2.18. The second-order valence-electron chi connectivity index (χ2n) is 5.76. The summed E-state index contributed by atoms with van der Waals surface area (Å²) in [6, 6.07) is 15.9. The molecule has 0 saturated carbocycles. The van der Waals surface area contributed by atoms with E-state index in [0.29, 0.717) is 47.9 Å². The van der Waals surface area contributed by atoms with Crippen LogP contribution in [0.3, 0.4) is 0 Å². The van der Waals surface area contributed by atoms with Crippen LogP contribution in [0.1, 0.15) is 5.76 Å². The maximum atomic E-state index is 12.2. The summed E-state index contributed by atoms with van der Waals surface area (Å²) in [4.78, 5) is 17.1. The largest absolute Gasteiger partial charge is 0.457 e. The lowest BCUT2D eigenvalue weighted by Gasteiger charge is -2.01. The summed E-state index contributed by atoms with van der Waals surface area (Å²) in [6.45, 7) is 0. The van der Waals surface area contributed by atoms with Gasteiger partial charge in [0.2, 0.25) is 0 Å². The van der Waals surface area contributed by atoms with Gasteiger partial charge in [-0.25, -0.2) is 4.99 Å². The molecule has 0 spiro atoms. The van der Waals surface area contributed by atoms with Gasteiger partial charge >= 0.3 is 0 Å². The fraction of sp³-hybridized carbons (Fsp3) is 0. The van der Waals surface area contributed by atoms with Gasteiger partial charge in [-0.3, -0.25) is 4.79 Å². The molecule has 4 nitrogen and oxygen atoms in total. The highest BCUT2D eigenvalue weighted by Gasteiger charge is 2.24. The molecular formula is C20H11Cl3N2O2S. The van der Waals surface area contributed by atoms with Crippen LogP contribution in [0.15, 0.2) is 68.9 Å². The quantitative estimate of drug-likeness (QED) is 0.447. The van der Waals surface area contributed by atoms with Gasteiger partial charge in [-0.15, -0.1) is 0 Å². The van der Waals surface area contributed by atoms with Crippen LogP contribution in [0.5, 0.6) is 0 Å². The highest BCUT2D eigenvalue weighted by molar-refractivity contribution is 8.18. The third-order valence-electron chi connectivity index (χ3n) is 3.83. The minimum Gasteiger partial charge on any atom is -0.457 e. The molecule has 1 fully saturated rings. The summed E-state index contributed by atoms with van der Waals surface area (Å²) in [5.74, 6) is 0.852. The molecule has 8 heteroatoms. The Labute approximate surface area is 180 Å². The molecule has 1 aromatic heterocycles. The number of carbonyl (C=O) groups excluding carboxylic acids is 1. The topological polar surface area (TPSA) is 54.6 Å². The molecule has 0 atom stereocenters. The number of amides is 1. The standard InChI is InChI=1S/C20H11Cl3N2O2S/c21-11-4-6-12(7-5-11)24-20-25-19(26)17(28-20)10-13-8-9-16(27-13)14-2-1-3-15(22)18(14)23/h1-10H,(H,24,25,26)/b17-10+. The monoisotopic (exact) mass is 448 g/mol. The molecule has 0 unspecified atom stereocenters. The molecule has 1 aliphatic rings. The molecular weight excluding hydrogens is 439 g/mol. The number of furan rings is 1. The Kier molecular flexibility index (Phi) is 5.51. The molecule has 1 N–H and O–H groups in total. The van der Waals surface area contributed by atoms with E-state index in [1.165, 1.54) is 11.8 Å². The molecule has 2 aromatic carbocycles. The zero-order valence-corrected chi connectivity index (χ0v) is 17.2. The summed E-state index contributed by atoms with van der Waals surface area (Å²) in [5.41, 5.74) is 1.39. The fourth-order valence-electron chi connectivity index (χ4n) is 2.51. The van der Waals surface area contributed by atoms with Gasteiger partial charge in [0.25, 0.3) is 5.91 Å². The Bertz CT molecular complexity index is 1120. The minimum absolute atomic E-state index is 0.239. The van der Waals surface area contributed by atoms with Crippen LogP contribution in [0, 0.1) is 0 Å². The number of hydrogen-bond acceptors (Lipinski definition) is 4. The normalized spacial score (nSPS) is 16.8. The van der Waals surface area contributed by atoms with E-state index in [1.807, 2.05) is 6.07 Å². The second-order valence-corrected chi connectivity index (χ2v) is 8.01. The lowest BCUT2D eigenvalue weighted by Crippen LogP contribution is -2.19. The highest BCUT2D eigenvalue weighted by atomic mass is 35.5. The number of thioether (sulfide) groups is 1. The summed E-state index contributed by atoms with van der Waals surface area (Å²) < 4.78 is 5.82. The fourth-order valence-corrected chi connectivity index (χ4v) is 3.85. The first-order valence-corrected chi connectivity index (χ1v) is 10.0. The summed E-state index contributed by atoms with van der Waals surface area (Å²) in [6.07, 6.45) is 1.66. The molecule has 0 bridgehead atoms. The Balaban J connectivity index is 1.56. The van der Waals surface area contributed by atoms with Crippen molar-refractivity contribution < 1.29 is 9.21 Å². The van der Waals surface area contributed by atoms with Crippen LogP contribution < -0.4 is 5.32 Å². The maximum Gasteiger partial charge on any atom is 0.264 e. The van der Waals surface area contributed by atoms with E-state index in [0.717, 1.165) is 0 Å².